The Bertz CT molecular complexity index is 878. The molecule has 0 spiro atoms. The van der Waals surface area contributed by atoms with Crippen LogP contribution in [-0.2, 0) is 4.79 Å². The van der Waals surface area contributed by atoms with E-state index in [1.807, 2.05) is 0 Å². The first-order valence-corrected chi connectivity index (χ1v) is 8.66. The van der Waals surface area contributed by atoms with Gasteiger partial charge in [-0.2, -0.15) is 0 Å². The van der Waals surface area contributed by atoms with E-state index in [0.29, 0.717) is 18.9 Å². The number of nitrogens with zero attached hydrogens (tertiary/aromatic N) is 1. The van der Waals surface area contributed by atoms with Crippen LogP contribution in [0.25, 0.3) is 0 Å². The number of hydrogen-bond acceptors (Lipinski definition) is 2. The summed E-state index contributed by atoms with van der Waals surface area (Å²) in [5.74, 6) is -3.37. The van der Waals surface area contributed by atoms with Crippen LogP contribution in [0.1, 0.15) is 28.8 Å². The van der Waals surface area contributed by atoms with Crippen molar-refractivity contribution in [2.45, 2.75) is 19.8 Å². The zero-order chi connectivity index (χ0) is 19.6. The maximum atomic E-state index is 13.8. The van der Waals surface area contributed by atoms with Gasteiger partial charge < -0.3 is 10.2 Å². The van der Waals surface area contributed by atoms with E-state index in [2.05, 4.69) is 5.32 Å². The maximum Gasteiger partial charge on any atom is 0.256 e. The molecule has 0 aliphatic carbocycles. The standard InChI is InChI=1S/C20H19F3N2O2/c1-12-2-5-16(22)18(10-12)24-19(26)13-6-8-25(9-7-13)20(27)15-4-3-14(21)11-17(15)23/h2-5,10-11,13H,6-9H2,1H3,(H,24,26). The predicted octanol–water partition coefficient (Wildman–Crippen LogP) is 3.90. The van der Waals surface area contributed by atoms with Gasteiger partial charge in [0, 0.05) is 25.1 Å². The number of rotatable bonds is 3. The van der Waals surface area contributed by atoms with Crippen LogP contribution in [0.5, 0.6) is 0 Å². The molecule has 0 aromatic heterocycles. The zero-order valence-electron chi connectivity index (χ0n) is 14.8. The van der Waals surface area contributed by atoms with Crippen LogP contribution in [0.4, 0.5) is 18.9 Å². The molecule has 1 N–H and O–H groups in total. The average Bonchev–Trinajstić information content (AvgIpc) is 2.64. The highest BCUT2D eigenvalue weighted by Crippen LogP contribution is 2.23. The summed E-state index contributed by atoms with van der Waals surface area (Å²) >= 11 is 0. The highest BCUT2D eigenvalue weighted by molar-refractivity contribution is 5.95. The minimum absolute atomic E-state index is 0.131. The normalized spacial score (nSPS) is 14.9. The van der Waals surface area contributed by atoms with E-state index in [9.17, 15) is 22.8 Å². The topological polar surface area (TPSA) is 49.4 Å². The molecule has 0 saturated carbocycles. The van der Waals surface area contributed by atoms with Crippen molar-refractivity contribution >= 4 is 17.5 Å². The SMILES string of the molecule is Cc1ccc(F)c(NC(=O)C2CCN(C(=O)c3ccc(F)cc3F)CC2)c1. The number of benzene rings is 2. The smallest absolute Gasteiger partial charge is 0.256 e. The van der Waals surface area contributed by atoms with Crippen molar-refractivity contribution in [1.29, 1.82) is 0 Å². The number of halogens is 3. The number of hydrogen-bond donors (Lipinski definition) is 1. The monoisotopic (exact) mass is 376 g/mol. The molecular formula is C20H19F3N2O2. The Morgan fingerprint density at radius 2 is 1.70 bits per heavy atom. The van der Waals surface area contributed by atoms with Crippen molar-refractivity contribution in [2.24, 2.45) is 5.92 Å². The van der Waals surface area contributed by atoms with E-state index < -0.39 is 23.4 Å². The number of aryl methyl sites for hydroxylation is 1. The molecule has 1 heterocycles. The molecule has 2 aromatic carbocycles. The molecule has 142 valence electrons. The molecule has 0 unspecified atom stereocenters. The van der Waals surface area contributed by atoms with E-state index in [4.69, 9.17) is 0 Å². The molecule has 1 aliphatic rings. The molecule has 7 heteroatoms. The third-order valence-corrected chi connectivity index (χ3v) is 4.69. The van der Waals surface area contributed by atoms with Gasteiger partial charge in [0.1, 0.15) is 17.5 Å². The molecule has 1 saturated heterocycles. The Morgan fingerprint density at radius 3 is 2.37 bits per heavy atom. The lowest BCUT2D eigenvalue weighted by molar-refractivity contribution is -0.121. The fraction of sp³-hybridized carbons (Fsp3) is 0.300. The van der Waals surface area contributed by atoms with Crippen LogP contribution in [0.15, 0.2) is 36.4 Å². The van der Waals surface area contributed by atoms with E-state index in [-0.39, 0.29) is 36.2 Å². The summed E-state index contributed by atoms with van der Waals surface area (Å²) in [5, 5.41) is 2.59. The molecular weight excluding hydrogens is 357 g/mol. The first kappa shape index (κ1) is 18.9. The predicted molar refractivity (Wildman–Crippen MR) is 94.8 cm³/mol. The Balaban J connectivity index is 1.60. The summed E-state index contributed by atoms with van der Waals surface area (Å²) in [4.78, 5) is 26.2. The Hall–Kier alpha value is -2.83. The number of likely N-dealkylation sites (tertiary alicyclic amines) is 1. The van der Waals surface area contributed by atoms with Gasteiger partial charge in [0.15, 0.2) is 0 Å². The minimum atomic E-state index is -0.908. The van der Waals surface area contributed by atoms with Crippen molar-refractivity contribution < 1.29 is 22.8 Å². The molecule has 2 aromatic rings. The molecule has 1 aliphatic heterocycles. The maximum absolute atomic E-state index is 13.8. The lowest BCUT2D eigenvalue weighted by Crippen LogP contribution is -2.41. The second-order valence-corrected chi connectivity index (χ2v) is 6.66. The molecule has 1 fully saturated rings. The third-order valence-electron chi connectivity index (χ3n) is 4.69. The van der Waals surface area contributed by atoms with E-state index in [1.54, 1.807) is 19.1 Å². The quantitative estimate of drug-likeness (QED) is 0.883. The summed E-state index contributed by atoms with van der Waals surface area (Å²) in [6, 6.07) is 7.29. The van der Waals surface area contributed by atoms with E-state index >= 15 is 0 Å². The van der Waals surface area contributed by atoms with Crippen LogP contribution in [0.3, 0.4) is 0 Å². The molecule has 2 amide bonds. The van der Waals surface area contributed by atoms with Crippen molar-refractivity contribution in [3.05, 3.63) is 65.0 Å². The summed E-state index contributed by atoms with van der Waals surface area (Å²) in [7, 11) is 0. The fourth-order valence-electron chi connectivity index (χ4n) is 3.15. The highest BCUT2D eigenvalue weighted by Gasteiger charge is 2.29. The van der Waals surface area contributed by atoms with Crippen LogP contribution < -0.4 is 5.32 Å². The van der Waals surface area contributed by atoms with Gasteiger partial charge in [-0.15, -0.1) is 0 Å². The first-order valence-electron chi connectivity index (χ1n) is 8.66. The number of amides is 2. The number of nitrogens with one attached hydrogen (secondary N) is 1. The molecule has 27 heavy (non-hydrogen) atoms. The molecule has 3 rings (SSSR count). The van der Waals surface area contributed by atoms with Gasteiger partial charge in [-0.1, -0.05) is 6.07 Å². The van der Waals surface area contributed by atoms with Gasteiger partial charge in [0.25, 0.3) is 5.91 Å². The van der Waals surface area contributed by atoms with Gasteiger partial charge in [-0.25, -0.2) is 13.2 Å². The van der Waals surface area contributed by atoms with Gasteiger partial charge in [0.05, 0.1) is 11.3 Å². The summed E-state index contributed by atoms with van der Waals surface area (Å²) in [6.07, 6.45) is 0.766. The fourth-order valence-corrected chi connectivity index (χ4v) is 3.15. The van der Waals surface area contributed by atoms with Crippen molar-refractivity contribution in [3.63, 3.8) is 0 Å². The van der Waals surface area contributed by atoms with Crippen molar-refractivity contribution in [1.82, 2.24) is 4.90 Å². The van der Waals surface area contributed by atoms with Crippen LogP contribution in [-0.4, -0.2) is 29.8 Å². The highest BCUT2D eigenvalue weighted by atomic mass is 19.1. The summed E-state index contributed by atoms with van der Waals surface area (Å²) < 4.78 is 40.6. The Kier molecular flexibility index (Phi) is 5.48. The summed E-state index contributed by atoms with van der Waals surface area (Å²) in [5.41, 5.74) is 0.765. The largest absolute Gasteiger partial charge is 0.339 e. The summed E-state index contributed by atoms with van der Waals surface area (Å²) in [6.45, 7) is 2.34. The third kappa shape index (κ3) is 4.30. The van der Waals surface area contributed by atoms with Crippen molar-refractivity contribution in [2.75, 3.05) is 18.4 Å². The number of carbonyl (C=O) groups excluding carboxylic acids is 2. The van der Waals surface area contributed by atoms with Gasteiger partial charge in [-0.3, -0.25) is 9.59 Å². The molecule has 0 atom stereocenters. The first-order chi connectivity index (χ1) is 12.8. The van der Waals surface area contributed by atoms with Crippen LogP contribution >= 0.6 is 0 Å². The average molecular weight is 376 g/mol. The number of anilines is 1. The van der Waals surface area contributed by atoms with Gasteiger partial charge >= 0.3 is 0 Å². The van der Waals surface area contributed by atoms with Crippen LogP contribution in [0.2, 0.25) is 0 Å². The zero-order valence-corrected chi connectivity index (χ0v) is 14.8. The lowest BCUT2D eigenvalue weighted by Gasteiger charge is -2.31. The van der Waals surface area contributed by atoms with Gasteiger partial charge in [0.2, 0.25) is 5.91 Å². The van der Waals surface area contributed by atoms with Gasteiger partial charge in [-0.05, 0) is 49.6 Å². The second kappa shape index (κ2) is 7.82. The van der Waals surface area contributed by atoms with E-state index in [0.717, 1.165) is 17.7 Å². The van der Waals surface area contributed by atoms with Crippen molar-refractivity contribution in [3.8, 4) is 0 Å². The number of piperidine rings is 1. The molecule has 4 nitrogen and oxygen atoms in total. The Morgan fingerprint density at radius 1 is 1.00 bits per heavy atom. The lowest BCUT2D eigenvalue weighted by atomic mass is 9.95. The molecule has 0 radical (unpaired) electrons. The van der Waals surface area contributed by atoms with E-state index in [1.165, 1.54) is 11.0 Å². The minimum Gasteiger partial charge on any atom is -0.339 e. The second-order valence-electron chi connectivity index (χ2n) is 6.66. The van der Waals surface area contributed by atoms with Crippen LogP contribution in [0, 0.1) is 30.3 Å². The Labute approximate surface area is 155 Å². The molecule has 0 bridgehead atoms. The number of carbonyl (C=O) groups is 2.